The van der Waals surface area contributed by atoms with Crippen molar-refractivity contribution in [1.82, 2.24) is 5.32 Å². The molecule has 0 saturated carbocycles. The van der Waals surface area contributed by atoms with E-state index in [0.717, 1.165) is 9.87 Å². The minimum absolute atomic E-state index is 0.0277. The first-order valence-corrected chi connectivity index (χ1v) is 13.1. The molecule has 0 aliphatic rings. The van der Waals surface area contributed by atoms with Crippen molar-refractivity contribution in [2.45, 2.75) is 44.0 Å². The highest BCUT2D eigenvalue weighted by Gasteiger charge is 2.28. The second-order valence-corrected chi connectivity index (χ2v) is 11.6. The quantitative estimate of drug-likeness (QED) is 0.417. The van der Waals surface area contributed by atoms with E-state index < -0.39 is 15.9 Å². The Morgan fingerprint density at radius 3 is 2.06 bits per heavy atom. The van der Waals surface area contributed by atoms with Crippen molar-refractivity contribution in [3.8, 4) is 5.75 Å². The van der Waals surface area contributed by atoms with Crippen molar-refractivity contribution in [1.29, 1.82) is 0 Å². The number of anilines is 1. The van der Waals surface area contributed by atoms with Crippen molar-refractivity contribution in [2.24, 2.45) is 0 Å². The molecule has 0 bridgehead atoms. The van der Waals surface area contributed by atoms with E-state index in [1.54, 1.807) is 36.4 Å². The number of carbonyl (C=O) groups excluding carboxylic acids is 1. The van der Waals surface area contributed by atoms with Crippen LogP contribution < -0.4 is 14.4 Å². The number of hydrogen-bond donors (Lipinski definition) is 1. The number of hydrogen-bond acceptors (Lipinski definition) is 4. The highest BCUT2D eigenvalue weighted by atomic mass is 35.5. The number of methoxy groups -OCH3 is 1. The Morgan fingerprint density at radius 2 is 1.54 bits per heavy atom. The Balaban J connectivity index is 1.84. The summed E-state index contributed by atoms with van der Waals surface area (Å²) < 4.78 is 33.2. The average molecular weight is 515 g/mol. The lowest BCUT2D eigenvalue weighted by molar-refractivity contribution is -0.120. The van der Waals surface area contributed by atoms with Crippen molar-refractivity contribution < 1.29 is 17.9 Å². The van der Waals surface area contributed by atoms with E-state index in [-0.39, 0.29) is 22.9 Å². The maximum absolute atomic E-state index is 13.5. The Labute approximate surface area is 212 Å². The number of carbonyl (C=O) groups is 1. The number of sulfonamides is 1. The van der Waals surface area contributed by atoms with Crippen molar-refractivity contribution in [3.63, 3.8) is 0 Å². The number of halogens is 1. The van der Waals surface area contributed by atoms with E-state index >= 15 is 0 Å². The lowest BCUT2D eigenvalue weighted by Gasteiger charge is -2.25. The minimum atomic E-state index is -4.04. The number of nitrogens with one attached hydrogen (secondary N) is 1. The van der Waals surface area contributed by atoms with Gasteiger partial charge in [0.05, 0.1) is 23.7 Å². The zero-order chi connectivity index (χ0) is 25.8. The number of ether oxygens (including phenoxy) is 1. The monoisotopic (exact) mass is 514 g/mol. The van der Waals surface area contributed by atoms with Gasteiger partial charge in [-0.25, -0.2) is 8.42 Å². The van der Waals surface area contributed by atoms with Crippen LogP contribution >= 0.6 is 11.6 Å². The summed E-state index contributed by atoms with van der Waals surface area (Å²) in [5, 5.41) is 3.38. The molecule has 0 heterocycles. The van der Waals surface area contributed by atoms with Crippen molar-refractivity contribution in [3.05, 3.63) is 88.9 Å². The molecule has 0 saturated heterocycles. The molecule has 1 unspecified atom stereocenters. The molecule has 3 aromatic carbocycles. The molecule has 0 aliphatic carbocycles. The number of benzene rings is 3. The summed E-state index contributed by atoms with van der Waals surface area (Å²) >= 11 is 6.00. The van der Waals surface area contributed by atoms with Crippen LogP contribution in [0.15, 0.2) is 77.7 Å². The van der Waals surface area contributed by atoms with Gasteiger partial charge in [0.1, 0.15) is 12.3 Å². The van der Waals surface area contributed by atoms with Gasteiger partial charge in [-0.3, -0.25) is 9.10 Å². The van der Waals surface area contributed by atoms with Gasteiger partial charge in [-0.1, -0.05) is 56.6 Å². The molecular weight excluding hydrogens is 484 g/mol. The fraction of sp³-hybridized carbons (Fsp3) is 0.296. The van der Waals surface area contributed by atoms with Crippen molar-refractivity contribution in [2.75, 3.05) is 18.0 Å². The Bertz CT molecular complexity index is 1250. The summed E-state index contributed by atoms with van der Waals surface area (Å²) in [6, 6.07) is 20.1. The topological polar surface area (TPSA) is 75.7 Å². The second kappa shape index (κ2) is 10.7. The molecule has 1 atom stereocenters. The largest absolute Gasteiger partial charge is 0.497 e. The standard InChI is InChI=1S/C27H31ClN2O4S/c1-19(20-6-8-21(9-7-20)27(2,3)4)29-26(31)18-30(23-12-10-22(28)11-13-23)35(32,33)25-16-14-24(34-5)15-17-25/h6-17,19H,18H2,1-5H3,(H,29,31). The fourth-order valence-corrected chi connectivity index (χ4v) is 5.12. The summed E-state index contributed by atoms with van der Waals surface area (Å²) in [6.07, 6.45) is 0. The molecule has 35 heavy (non-hydrogen) atoms. The maximum Gasteiger partial charge on any atom is 0.264 e. The van der Waals surface area contributed by atoms with Gasteiger partial charge in [-0.2, -0.15) is 0 Å². The number of rotatable bonds is 8. The lowest BCUT2D eigenvalue weighted by Crippen LogP contribution is -2.41. The van der Waals surface area contributed by atoms with E-state index in [9.17, 15) is 13.2 Å². The van der Waals surface area contributed by atoms with Gasteiger partial charge in [-0.05, 0) is 72.0 Å². The molecule has 186 valence electrons. The molecule has 1 amide bonds. The SMILES string of the molecule is COc1ccc(S(=O)(=O)N(CC(=O)NC(C)c2ccc(C(C)(C)C)cc2)c2ccc(Cl)cc2)cc1. The molecular formula is C27H31ClN2O4S. The van der Waals surface area contributed by atoms with E-state index in [2.05, 4.69) is 26.1 Å². The molecule has 0 aromatic heterocycles. The van der Waals surface area contributed by atoms with Gasteiger partial charge in [0.2, 0.25) is 5.91 Å². The molecule has 6 nitrogen and oxygen atoms in total. The number of amides is 1. The normalized spacial score (nSPS) is 12.6. The Kier molecular flexibility index (Phi) is 8.13. The van der Waals surface area contributed by atoms with Gasteiger partial charge < -0.3 is 10.1 Å². The smallest absolute Gasteiger partial charge is 0.264 e. The first-order chi connectivity index (χ1) is 16.4. The van der Waals surface area contributed by atoms with Crippen LogP contribution in [0, 0.1) is 0 Å². The Morgan fingerprint density at radius 1 is 0.971 bits per heavy atom. The first-order valence-electron chi connectivity index (χ1n) is 11.2. The van der Waals surface area contributed by atoms with Gasteiger partial charge in [-0.15, -0.1) is 0 Å². The lowest BCUT2D eigenvalue weighted by atomic mass is 9.86. The third-order valence-corrected chi connectivity index (χ3v) is 7.74. The van der Waals surface area contributed by atoms with Crippen LogP contribution in [0.4, 0.5) is 5.69 Å². The predicted molar refractivity (Wildman–Crippen MR) is 141 cm³/mol. The van der Waals surface area contributed by atoms with Crippen LogP contribution in [0.5, 0.6) is 5.75 Å². The van der Waals surface area contributed by atoms with Crippen LogP contribution in [0.2, 0.25) is 5.02 Å². The van der Waals surface area contributed by atoms with E-state index in [4.69, 9.17) is 16.3 Å². The molecule has 3 aromatic rings. The molecule has 8 heteroatoms. The van der Waals surface area contributed by atoms with Crippen LogP contribution in [-0.2, 0) is 20.2 Å². The Hall–Kier alpha value is -3.03. The van der Waals surface area contributed by atoms with E-state index in [1.165, 1.54) is 24.8 Å². The van der Waals surface area contributed by atoms with Crippen LogP contribution in [0.25, 0.3) is 0 Å². The second-order valence-electron chi connectivity index (χ2n) is 9.32. The summed E-state index contributed by atoms with van der Waals surface area (Å²) in [5.41, 5.74) is 2.49. The van der Waals surface area contributed by atoms with Gasteiger partial charge >= 0.3 is 0 Å². The molecule has 3 rings (SSSR count). The highest BCUT2D eigenvalue weighted by molar-refractivity contribution is 7.92. The van der Waals surface area contributed by atoms with Crippen LogP contribution in [0.1, 0.15) is 44.9 Å². The first kappa shape index (κ1) is 26.6. The molecule has 0 spiro atoms. The average Bonchev–Trinajstić information content (AvgIpc) is 2.82. The molecule has 0 fully saturated rings. The van der Waals surface area contributed by atoms with Crippen LogP contribution in [0.3, 0.4) is 0 Å². The number of nitrogens with zero attached hydrogens (tertiary/aromatic N) is 1. The maximum atomic E-state index is 13.5. The summed E-state index contributed by atoms with van der Waals surface area (Å²) in [5.74, 6) is 0.107. The third-order valence-electron chi connectivity index (χ3n) is 5.70. The third kappa shape index (κ3) is 6.55. The summed E-state index contributed by atoms with van der Waals surface area (Å²) in [4.78, 5) is 13.1. The zero-order valence-electron chi connectivity index (χ0n) is 20.6. The predicted octanol–water partition coefficient (Wildman–Crippen LogP) is 5.72. The summed E-state index contributed by atoms with van der Waals surface area (Å²) in [6.45, 7) is 7.90. The van der Waals surface area contributed by atoms with E-state index in [0.29, 0.717) is 16.5 Å². The van der Waals surface area contributed by atoms with Gasteiger partial charge in [0.15, 0.2) is 0 Å². The van der Waals surface area contributed by atoms with Gasteiger partial charge in [0, 0.05) is 5.02 Å². The van der Waals surface area contributed by atoms with Gasteiger partial charge in [0.25, 0.3) is 10.0 Å². The molecule has 0 aliphatic heterocycles. The van der Waals surface area contributed by atoms with Crippen LogP contribution in [-0.4, -0.2) is 28.0 Å². The summed E-state index contributed by atoms with van der Waals surface area (Å²) in [7, 11) is -2.53. The van der Waals surface area contributed by atoms with E-state index in [1.807, 2.05) is 31.2 Å². The highest BCUT2D eigenvalue weighted by Crippen LogP contribution is 2.27. The molecule has 1 N–H and O–H groups in total. The molecule has 0 radical (unpaired) electrons. The minimum Gasteiger partial charge on any atom is -0.497 e. The fourth-order valence-electron chi connectivity index (χ4n) is 3.57. The zero-order valence-corrected chi connectivity index (χ0v) is 22.2. The van der Waals surface area contributed by atoms with Crippen molar-refractivity contribution >= 4 is 33.2 Å².